The number of rotatable bonds is 7. The largest absolute Gasteiger partial charge is 0.497 e. The molecular formula is C24H25NO4. The summed E-state index contributed by atoms with van der Waals surface area (Å²) in [6.07, 6.45) is 1.41. The van der Waals surface area contributed by atoms with Crippen molar-refractivity contribution < 1.29 is 19.4 Å². The van der Waals surface area contributed by atoms with Gasteiger partial charge in [-0.15, -0.1) is 0 Å². The highest BCUT2D eigenvalue weighted by Crippen LogP contribution is 2.25. The van der Waals surface area contributed by atoms with Crippen molar-refractivity contribution in [1.82, 2.24) is 5.32 Å². The molecule has 0 aromatic heterocycles. The number of nitrogens with one attached hydrogen (secondary N) is 1. The summed E-state index contributed by atoms with van der Waals surface area (Å²) in [5.41, 5.74) is 1.20. The molecule has 0 unspecified atom stereocenters. The predicted molar refractivity (Wildman–Crippen MR) is 114 cm³/mol. The van der Waals surface area contributed by atoms with E-state index in [0.717, 1.165) is 34.1 Å². The molecule has 0 heterocycles. The Bertz CT molecular complexity index is 1040. The number of ether oxygens (including phenoxy) is 1. The zero-order chi connectivity index (χ0) is 21.0. The Labute approximate surface area is 170 Å². The summed E-state index contributed by atoms with van der Waals surface area (Å²) in [6, 6.07) is 19.4. The van der Waals surface area contributed by atoms with Gasteiger partial charge in [0.2, 0.25) is 0 Å². The summed E-state index contributed by atoms with van der Waals surface area (Å²) in [6.45, 7) is 2.95. The Hall–Kier alpha value is -3.34. The summed E-state index contributed by atoms with van der Waals surface area (Å²) in [5, 5.41) is 14.0. The van der Waals surface area contributed by atoms with E-state index in [0.29, 0.717) is 12.0 Å². The molecule has 0 saturated carbocycles. The van der Waals surface area contributed by atoms with Crippen molar-refractivity contribution in [3.8, 4) is 5.75 Å². The molecule has 0 aliphatic heterocycles. The highest BCUT2D eigenvalue weighted by molar-refractivity contribution is 6.03. The molecule has 0 atom stereocenters. The van der Waals surface area contributed by atoms with Gasteiger partial charge < -0.3 is 15.2 Å². The maximum Gasteiger partial charge on any atom is 0.328 e. The Morgan fingerprint density at radius 3 is 2.31 bits per heavy atom. The monoisotopic (exact) mass is 391 g/mol. The lowest BCUT2D eigenvalue weighted by atomic mass is 9.93. The Morgan fingerprint density at radius 1 is 0.966 bits per heavy atom. The van der Waals surface area contributed by atoms with Crippen molar-refractivity contribution in [2.75, 3.05) is 7.11 Å². The van der Waals surface area contributed by atoms with E-state index in [-0.39, 0.29) is 5.91 Å². The van der Waals surface area contributed by atoms with Crippen LogP contribution in [0.1, 0.15) is 35.3 Å². The molecule has 150 valence electrons. The van der Waals surface area contributed by atoms with Crippen LogP contribution in [0.25, 0.3) is 10.8 Å². The highest BCUT2D eigenvalue weighted by atomic mass is 16.5. The van der Waals surface area contributed by atoms with Crippen molar-refractivity contribution in [3.63, 3.8) is 0 Å². The van der Waals surface area contributed by atoms with Gasteiger partial charge in [-0.25, -0.2) is 4.79 Å². The van der Waals surface area contributed by atoms with E-state index >= 15 is 0 Å². The van der Waals surface area contributed by atoms with E-state index in [9.17, 15) is 14.7 Å². The third-order valence-electron chi connectivity index (χ3n) is 5.07. The molecule has 3 rings (SSSR count). The predicted octanol–water partition coefficient (Wildman–Crippen LogP) is 4.23. The van der Waals surface area contributed by atoms with E-state index < -0.39 is 11.5 Å². The first kappa shape index (κ1) is 20.4. The van der Waals surface area contributed by atoms with Crippen LogP contribution in [0.15, 0.2) is 60.7 Å². The van der Waals surface area contributed by atoms with Gasteiger partial charge in [0, 0.05) is 5.56 Å². The van der Waals surface area contributed by atoms with Crippen molar-refractivity contribution in [3.05, 3.63) is 77.4 Å². The van der Waals surface area contributed by atoms with Crippen LogP contribution < -0.4 is 10.1 Å². The first-order valence-corrected chi connectivity index (χ1v) is 9.51. The molecule has 0 saturated heterocycles. The normalized spacial score (nSPS) is 11.3. The Morgan fingerprint density at radius 2 is 1.66 bits per heavy atom. The third kappa shape index (κ3) is 4.57. The number of amides is 1. The number of aliphatic carboxylic acids is 1. The topological polar surface area (TPSA) is 75.6 Å². The molecule has 5 nitrogen and oxygen atoms in total. The number of methoxy groups -OCH3 is 1. The fourth-order valence-electron chi connectivity index (χ4n) is 3.28. The summed E-state index contributed by atoms with van der Waals surface area (Å²) >= 11 is 0. The third-order valence-corrected chi connectivity index (χ3v) is 5.07. The maximum atomic E-state index is 12.9. The molecule has 0 bridgehead atoms. The number of carboxylic acid groups (broad SMARTS) is 1. The van der Waals surface area contributed by atoms with Crippen LogP contribution in [0.2, 0.25) is 0 Å². The van der Waals surface area contributed by atoms with E-state index in [1.807, 2.05) is 54.6 Å². The van der Waals surface area contributed by atoms with Gasteiger partial charge in [0.1, 0.15) is 11.3 Å². The average molecular weight is 391 g/mol. The molecule has 5 heteroatoms. The zero-order valence-corrected chi connectivity index (χ0v) is 16.9. The van der Waals surface area contributed by atoms with Crippen molar-refractivity contribution in [2.24, 2.45) is 0 Å². The lowest BCUT2D eigenvalue weighted by molar-refractivity contribution is -0.143. The number of hydrogen-bond donors (Lipinski definition) is 2. The fraction of sp³-hybridized carbons (Fsp3) is 0.250. The minimum absolute atomic E-state index is 0.382. The minimum atomic E-state index is -1.35. The summed E-state index contributed by atoms with van der Waals surface area (Å²) < 4.78 is 5.21. The van der Waals surface area contributed by atoms with E-state index in [4.69, 9.17) is 4.74 Å². The van der Waals surface area contributed by atoms with Crippen LogP contribution in [0.4, 0.5) is 0 Å². The van der Waals surface area contributed by atoms with Crippen LogP contribution in [0.5, 0.6) is 5.75 Å². The Kier molecular flexibility index (Phi) is 5.87. The zero-order valence-electron chi connectivity index (χ0n) is 16.9. The first-order chi connectivity index (χ1) is 13.8. The fourth-order valence-corrected chi connectivity index (χ4v) is 3.28. The van der Waals surface area contributed by atoms with Crippen LogP contribution in [-0.2, 0) is 17.6 Å². The second-order valence-electron chi connectivity index (χ2n) is 7.55. The SMILES string of the molecule is COc1ccc(CCc2c(C(=O)NC(C)(C)C(=O)O)ccc3ccccc23)cc1. The second-order valence-corrected chi connectivity index (χ2v) is 7.55. The van der Waals surface area contributed by atoms with Crippen LogP contribution in [-0.4, -0.2) is 29.6 Å². The number of carbonyl (C=O) groups excluding carboxylic acids is 1. The maximum absolute atomic E-state index is 12.9. The van der Waals surface area contributed by atoms with E-state index in [1.165, 1.54) is 13.8 Å². The van der Waals surface area contributed by atoms with Gasteiger partial charge in [0.15, 0.2) is 0 Å². The molecule has 3 aromatic rings. The molecular weight excluding hydrogens is 366 g/mol. The highest BCUT2D eigenvalue weighted by Gasteiger charge is 2.30. The second kappa shape index (κ2) is 8.35. The summed E-state index contributed by atoms with van der Waals surface area (Å²) in [4.78, 5) is 24.4. The molecule has 0 fully saturated rings. The van der Waals surface area contributed by atoms with Gasteiger partial charge in [-0.1, -0.05) is 42.5 Å². The number of hydrogen-bond acceptors (Lipinski definition) is 3. The van der Waals surface area contributed by atoms with Crippen molar-refractivity contribution in [2.45, 2.75) is 32.2 Å². The van der Waals surface area contributed by atoms with Gasteiger partial charge in [-0.2, -0.15) is 0 Å². The summed E-state index contributed by atoms with van der Waals surface area (Å²) in [7, 11) is 1.63. The van der Waals surface area contributed by atoms with Gasteiger partial charge in [-0.3, -0.25) is 4.79 Å². The molecule has 1 amide bonds. The van der Waals surface area contributed by atoms with Gasteiger partial charge >= 0.3 is 5.97 Å². The van der Waals surface area contributed by atoms with Crippen LogP contribution in [0, 0.1) is 0 Å². The number of fused-ring (bicyclic) bond motifs is 1. The molecule has 0 aliphatic carbocycles. The van der Waals surface area contributed by atoms with Crippen LogP contribution >= 0.6 is 0 Å². The Balaban J connectivity index is 1.95. The molecule has 2 N–H and O–H groups in total. The van der Waals surface area contributed by atoms with Crippen LogP contribution in [0.3, 0.4) is 0 Å². The molecule has 29 heavy (non-hydrogen) atoms. The molecule has 0 spiro atoms. The van der Waals surface area contributed by atoms with Crippen molar-refractivity contribution in [1.29, 1.82) is 0 Å². The number of carbonyl (C=O) groups is 2. The van der Waals surface area contributed by atoms with E-state index in [1.54, 1.807) is 13.2 Å². The van der Waals surface area contributed by atoms with E-state index in [2.05, 4.69) is 5.32 Å². The smallest absolute Gasteiger partial charge is 0.328 e. The number of carboxylic acids is 1. The molecule has 0 aliphatic rings. The standard InChI is InChI=1S/C24H25NO4/c1-24(2,23(27)28)25-22(26)21-15-11-17-6-4-5-7-19(17)20(21)14-10-16-8-12-18(29-3)13-9-16/h4-9,11-13,15H,10,14H2,1-3H3,(H,25,26)(H,27,28). The first-order valence-electron chi connectivity index (χ1n) is 9.51. The lowest BCUT2D eigenvalue weighted by Gasteiger charge is -2.22. The average Bonchev–Trinajstić information content (AvgIpc) is 2.71. The van der Waals surface area contributed by atoms with Crippen molar-refractivity contribution >= 4 is 22.6 Å². The van der Waals surface area contributed by atoms with Gasteiger partial charge in [-0.05, 0) is 66.8 Å². The number of aryl methyl sites for hydroxylation is 2. The minimum Gasteiger partial charge on any atom is -0.497 e. The lowest BCUT2D eigenvalue weighted by Crippen LogP contribution is -2.49. The molecule has 0 radical (unpaired) electrons. The van der Waals surface area contributed by atoms with Gasteiger partial charge in [0.05, 0.1) is 7.11 Å². The summed E-state index contributed by atoms with van der Waals surface area (Å²) in [5.74, 6) is -0.658. The van der Waals surface area contributed by atoms with Gasteiger partial charge in [0.25, 0.3) is 5.91 Å². The molecule has 3 aromatic carbocycles. The number of benzene rings is 3. The quantitative estimate of drug-likeness (QED) is 0.632.